The maximum atomic E-state index is 14.0. The lowest BCUT2D eigenvalue weighted by Crippen LogP contribution is -2.40. The van der Waals surface area contributed by atoms with E-state index in [2.05, 4.69) is 21.6 Å². The van der Waals surface area contributed by atoms with Crippen molar-refractivity contribution in [3.63, 3.8) is 0 Å². The van der Waals surface area contributed by atoms with Crippen molar-refractivity contribution in [2.24, 2.45) is 11.8 Å². The number of rotatable bonds is 3. The molecule has 0 unspecified atom stereocenters. The van der Waals surface area contributed by atoms with Gasteiger partial charge in [0.25, 0.3) is 5.91 Å². The van der Waals surface area contributed by atoms with Crippen molar-refractivity contribution < 1.29 is 9.18 Å². The number of aromatic nitrogens is 1. The molecule has 3 saturated heterocycles. The van der Waals surface area contributed by atoms with Gasteiger partial charge in [-0.1, -0.05) is 12.1 Å². The Morgan fingerprint density at radius 1 is 1.11 bits per heavy atom. The summed E-state index contributed by atoms with van der Waals surface area (Å²) in [5, 5.41) is 0. The number of nitrogens with one attached hydrogen (secondary N) is 1. The number of thioether (sulfide) groups is 1. The molecule has 1 aromatic heterocycles. The minimum absolute atomic E-state index is 0.0225. The van der Waals surface area contributed by atoms with E-state index in [1.54, 1.807) is 18.3 Å². The topological polar surface area (TPSA) is 39.3 Å². The molecule has 6 heteroatoms. The van der Waals surface area contributed by atoms with Gasteiger partial charge < -0.3 is 9.88 Å². The molecule has 4 heterocycles. The number of carbonyl (C=O) groups is 1. The third-order valence-electron chi connectivity index (χ3n) is 6.68. The molecule has 28 heavy (non-hydrogen) atoms. The Bertz CT molecular complexity index is 836. The number of aromatic amines is 1. The SMILES string of the molecule is O=C(c1ccc[nH]1)N1C[C@@H]2CN(C3CCSCC3)C[C@@H]2[C@@H]1c1cccc(F)c1. The highest BCUT2D eigenvalue weighted by Gasteiger charge is 2.50. The summed E-state index contributed by atoms with van der Waals surface area (Å²) in [6, 6.07) is 11.1. The van der Waals surface area contributed by atoms with Gasteiger partial charge in [-0.3, -0.25) is 9.69 Å². The van der Waals surface area contributed by atoms with Gasteiger partial charge in [0, 0.05) is 37.8 Å². The van der Waals surface area contributed by atoms with Gasteiger partial charge in [-0.15, -0.1) is 0 Å². The van der Waals surface area contributed by atoms with Crippen LogP contribution in [0.2, 0.25) is 0 Å². The second-order valence-corrected chi connectivity index (χ2v) is 9.49. The maximum Gasteiger partial charge on any atom is 0.270 e. The first-order valence-corrected chi connectivity index (χ1v) is 11.4. The van der Waals surface area contributed by atoms with Crippen LogP contribution in [0.4, 0.5) is 4.39 Å². The fraction of sp³-hybridized carbons (Fsp3) is 0.500. The predicted molar refractivity (Wildman–Crippen MR) is 110 cm³/mol. The van der Waals surface area contributed by atoms with E-state index in [9.17, 15) is 9.18 Å². The van der Waals surface area contributed by atoms with Crippen LogP contribution in [0.5, 0.6) is 0 Å². The summed E-state index contributed by atoms with van der Waals surface area (Å²) in [7, 11) is 0. The Morgan fingerprint density at radius 2 is 1.96 bits per heavy atom. The molecular weight excluding hydrogens is 373 g/mol. The van der Waals surface area contributed by atoms with Crippen molar-refractivity contribution in [1.82, 2.24) is 14.8 Å². The summed E-state index contributed by atoms with van der Waals surface area (Å²) in [6.07, 6.45) is 4.31. The third kappa shape index (κ3) is 3.26. The minimum Gasteiger partial charge on any atom is -0.357 e. The minimum atomic E-state index is -0.229. The Kier molecular flexibility index (Phi) is 4.93. The molecule has 3 fully saturated rings. The molecule has 3 aliphatic heterocycles. The highest BCUT2D eigenvalue weighted by molar-refractivity contribution is 7.99. The molecule has 4 nitrogen and oxygen atoms in total. The molecule has 1 N–H and O–H groups in total. The van der Waals surface area contributed by atoms with Crippen molar-refractivity contribution in [2.45, 2.75) is 24.9 Å². The lowest BCUT2D eigenvalue weighted by atomic mass is 9.89. The number of fused-ring (bicyclic) bond motifs is 1. The van der Waals surface area contributed by atoms with Crippen LogP contribution in [-0.4, -0.2) is 57.9 Å². The average molecular weight is 400 g/mol. The molecule has 1 amide bonds. The van der Waals surface area contributed by atoms with Crippen LogP contribution in [0.1, 0.15) is 34.9 Å². The van der Waals surface area contributed by atoms with E-state index in [0.717, 1.165) is 25.2 Å². The number of halogens is 1. The number of amides is 1. The number of nitrogens with zero attached hydrogens (tertiary/aromatic N) is 2. The Hall–Kier alpha value is -1.79. The highest BCUT2D eigenvalue weighted by atomic mass is 32.2. The third-order valence-corrected chi connectivity index (χ3v) is 7.73. The molecule has 0 bridgehead atoms. The maximum absolute atomic E-state index is 14.0. The standard InChI is InChI=1S/C22H26FN3OS/c23-17-4-1-3-15(11-17)21-19-14-25(18-6-9-28-10-7-18)12-16(19)13-26(21)22(27)20-5-2-8-24-20/h1-5,8,11,16,18-19,21,24H,6-7,9-10,12-14H2/t16-,19-,21-/m0/s1. The van der Waals surface area contributed by atoms with E-state index in [1.807, 2.05) is 23.1 Å². The number of likely N-dealkylation sites (tertiary alicyclic amines) is 2. The van der Waals surface area contributed by atoms with Gasteiger partial charge in [-0.2, -0.15) is 11.8 Å². The van der Waals surface area contributed by atoms with Gasteiger partial charge in [-0.25, -0.2) is 4.39 Å². The molecule has 0 saturated carbocycles. The summed E-state index contributed by atoms with van der Waals surface area (Å²) >= 11 is 2.06. The van der Waals surface area contributed by atoms with Crippen molar-refractivity contribution in [3.8, 4) is 0 Å². The van der Waals surface area contributed by atoms with Crippen molar-refractivity contribution in [3.05, 3.63) is 59.7 Å². The van der Waals surface area contributed by atoms with Crippen molar-refractivity contribution in [1.29, 1.82) is 0 Å². The first kappa shape index (κ1) is 18.3. The van der Waals surface area contributed by atoms with E-state index in [1.165, 1.54) is 30.4 Å². The smallest absolute Gasteiger partial charge is 0.270 e. The van der Waals surface area contributed by atoms with Crippen LogP contribution >= 0.6 is 11.8 Å². The van der Waals surface area contributed by atoms with Crippen LogP contribution in [0.25, 0.3) is 0 Å². The highest BCUT2D eigenvalue weighted by Crippen LogP contribution is 2.46. The Morgan fingerprint density at radius 3 is 2.71 bits per heavy atom. The number of carbonyl (C=O) groups excluding carboxylic acids is 1. The first-order chi connectivity index (χ1) is 13.7. The number of hydrogen-bond donors (Lipinski definition) is 1. The van der Waals surface area contributed by atoms with Crippen molar-refractivity contribution in [2.75, 3.05) is 31.1 Å². The van der Waals surface area contributed by atoms with Gasteiger partial charge in [0.15, 0.2) is 0 Å². The van der Waals surface area contributed by atoms with Gasteiger partial charge in [0.2, 0.25) is 0 Å². The molecule has 5 rings (SSSR count). The fourth-order valence-corrected chi connectivity index (χ4v) is 6.45. The van der Waals surface area contributed by atoms with E-state index in [4.69, 9.17) is 0 Å². The molecule has 0 spiro atoms. The summed E-state index contributed by atoms with van der Waals surface area (Å²) in [6.45, 7) is 2.82. The van der Waals surface area contributed by atoms with Gasteiger partial charge >= 0.3 is 0 Å². The molecule has 1 aromatic carbocycles. The lowest BCUT2D eigenvalue weighted by molar-refractivity contribution is 0.0686. The zero-order valence-corrected chi connectivity index (χ0v) is 16.7. The number of hydrogen-bond acceptors (Lipinski definition) is 3. The average Bonchev–Trinajstić information content (AvgIpc) is 3.44. The summed E-state index contributed by atoms with van der Waals surface area (Å²) in [5.41, 5.74) is 1.54. The van der Waals surface area contributed by atoms with Crippen molar-refractivity contribution >= 4 is 17.7 Å². The molecule has 3 aliphatic rings. The van der Waals surface area contributed by atoms with E-state index >= 15 is 0 Å². The zero-order chi connectivity index (χ0) is 19.1. The van der Waals surface area contributed by atoms with E-state index in [-0.39, 0.29) is 17.8 Å². The zero-order valence-electron chi connectivity index (χ0n) is 15.9. The van der Waals surface area contributed by atoms with Crippen LogP contribution in [-0.2, 0) is 0 Å². The van der Waals surface area contributed by atoms with Crippen LogP contribution in [0.3, 0.4) is 0 Å². The lowest BCUT2D eigenvalue weighted by Gasteiger charge is -2.34. The summed E-state index contributed by atoms with van der Waals surface area (Å²) in [5.74, 6) is 3.13. The predicted octanol–water partition coefficient (Wildman–Crippen LogP) is 3.79. The molecule has 2 aromatic rings. The Balaban J connectivity index is 1.43. The number of H-pyrrole nitrogens is 1. The number of benzene rings is 1. The monoisotopic (exact) mass is 399 g/mol. The first-order valence-electron chi connectivity index (χ1n) is 10.2. The van der Waals surface area contributed by atoms with Crippen LogP contribution < -0.4 is 0 Å². The molecular formula is C22H26FN3OS. The van der Waals surface area contributed by atoms with E-state index < -0.39 is 0 Å². The molecule has 0 aliphatic carbocycles. The summed E-state index contributed by atoms with van der Waals surface area (Å²) < 4.78 is 14.0. The quantitative estimate of drug-likeness (QED) is 0.854. The van der Waals surface area contributed by atoms with Gasteiger partial charge in [-0.05, 0) is 60.1 Å². The normalized spacial score (nSPS) is 28.6. The molecule has 148 valence electrons. The second-order valence-electron chi connectivity index (χ2n) is 8.26. The molecule has 0 radical (unpaired) electrons. The Labute approximate surface area is 169 Å². The fourth-order valence-electron chi connectivity index (χ4n) is 5.37. The van der Waals surface area contributed by atoms with Crippen LogP contribution in [0.15, 0.2) is 42.6 Å². The van der Waals surface area contributed by atoms with Gasteiger partial charge in [0.05, 0.1) is 6.04 Å². The summed E-state index contributed by atoms with van der Waals surface area (Å²) in [4.78, 5) is 20.8. The largest absolute Gasteiger partial charge is 0.357 e. The molecule has 3 atom stereocenters. The second kappa shape index (κ2) is 7.56. The van der Waals surface area contributed by atoms with E-state index in [0.29, 0.717) is 23.6 Å². The van der Waals surface area contributed by atoms with Gasteiger partial charge in [0.1, 0.15) is 11.5 Å². The van der Waals surface area contributed by atoms with Crippen LogP contribution in [0, 0.1) is 17.7 Å².